The highest BCUT2D eigenvalue weighted by Crippen LogP contribution is 2.27. The fraction of sp³-hybridized carbons (Fsp3) is 0.333. The van der Waals surface area contributed by atoms with Gasteiger partial charge in [-0.15, -0.1) is 0 Å². The van der Waals surface area contributed by atoms with Crippen molar-refractivity contribution < 1.29 is 0 Å². The zero-order chi connectivity index (χ0) is 18.6. The lowest BCUT2D eigenvalue weighted by atomic mass is 9.95. The van der Waals surface area contributed by atoms with Gasteiger partial charge in [-0.05, 0) is 42.7 Å². The van der Waals surface area contributed by atoms with Crippen LogP contribution >= 0.6 is 23.2 Å². The smallest absolute Gasteiger partial charge is 0.225 e. The summed E-state index contributed by atoms with van der Waals surface area (Å²) in [6.07, 6.45) is 6.28. The number of fused-ring (bicyclic) bond motifs is 1. The van der Waals surface area contributed by atoms with E-state index in [0.29, 0.717) is 28.6 Å². The molecule has 0 atom stereocenters. The number of para-hydroxylation sites is 1. The van der Waals surface area contributed by atoms with Crippen molar-refractivity contribution in [3.63, 3.8) is 0 Å². The van der Waals surface area contributed by atoms with Crippen LogP contribution in [0.15, 0.2) is 42.5 Å². The minimum Gasteiger partial charge on any atom is -0.367 e. The van der Waals surface area contributed by atoms with Crippen LogP contribution in [0.1, 0.15) is 37.7 Å². The van der Waals surface area contributed by atoms with Crippen molar-refractivity contribution in [3.8, 4) is 0 Å². The zero-order valence-electron chi connectivity index (χ0n) is 15.0. The molecule has 1 aliphatic rings. The molecule has 3 aromatic rings. The molecular weight excluding hydrogens is 379 g/mol. The van der Waals surface area contributed by atoms with E-state index in [1.165, 1.54) is 32.1 Å². The third-order valence-electron chi connectivity index (χ3n) is 5.00. The topological polar surface area (TPSA) is 49.8 Å². The van der Waals surface area contributed by atoms with E-state index in [4.69, 9.17) is 28.2 Å². The van der Waals surface area contributed by atoms with E-state index in [1.807, 2.05) is 30.3 Å². The first-order valence-electron chi connectivity index (χ1n) is 9.40. The highest BCUT2D eigenvalue weighted by atomic mass is 35.5. The average molecular weight is 401 g/mol. The Morgan fingerprint density at radius 3 is 2.59 bits per heavy atom. The molecule has 0 aliphatic heterocycles. The van der Waals surface area contributed by atoms with Crippen LogP contribution in [-0.2, 0) is 6.54 Å². The van der Waals surface area contributed by atoms with Crippen molar-refractivity contribution in [1.82, 2.24) is 9.97 Å². The summed E-state index contributed by atoms with van der Waals surface area (Å²) in [4.78, 5) is 9.41. The first kappa shape index (κ1) is 18.3. The molecule has 4 nitrogen and oxygen atoms in total. The Morgan fingerprint density at radius 2 is 1.78 bits per heavy atom. The Balaban J connectivity index is 1.58. The maximum absolute atomic E-state index is 6.27. The van der Waals surface area contributed by atoms with Crippen molar-refractivity contribution >= 4 is 45.9 Å². The molecule has 0 bridgehead atoms. The number of hydrogen-bond acceptors (Lipinski definition) is 4. The third-order valence-corrected chi connectivity index (χ3v) is 5.59. The highest BCUT2D eigenvalue weighted by molar-refractivity contribution is 6.35. The van der Waals surface area contributed by atoms with Crippen LogP contribution < -0.4 is 10.6 Å². The van der Waals surface area contributed by atoms with Gasteiger partial charge in [0.25, 0.3) is 0 Å². The first-order valence-corrected chi connectivity index (χ1v) is 10.2. The van der Waals surface area contributed by atoms with Gasteiger partial charge in [0.2, 0.25) is 5.95 Å². The molecular formula is C21H22Cl2N4. The molecule has 140 valence electrons. The molecule has 6 heteroatoms. The lowest BCUT2D eigenvalue weighted by molar-refractivity contribution is 0.462. The second-order valence-corrected chi connectivity index (χ2v) is 7.83. The van der Waals surface area contributed by atoms with Crippen LogP contribution in [-0.4, -0.2) is 16.0 Å². The third kappa shape index (κ3) is 4.45. The standard InChI is InChI=1S/C21H22Cl2N4/c22-15-11-10-14(18(23)12-15)13-24-21-26-19-9-5-4-8-17(19)20(27-21)25-16-6-2-1-3-7-16/h4-5,8-12,16H,1-3,6-7,13H2,(H2,24,25,26,27). The van der Waals surface area contributed by atoms with E-state index < -0.39 is 0 Å². The summed E-state index contributed by atoms with van der Waals surface area (Å²) in [5, 5.41) is 9.27. The minimum atomic E-state index is 0.482. The molecule has 27 heavy (non-hydrogen) atoms. The van der Waals surface area contributed by atoms with Gasteiger partial charge in [0.15, 0.2) is 0 Å². The fourth-order valence-corrected chi connectivity index (χ4v) is 4.02. The van der Waals surface area contributed by atoms with Gasteiger partial charge < -0.3 is 10.6 Å². The van der Waals surface area contributed by atoms with Gasteiger partial charge >= 0.3 is 0 Å². The molecule has 0 saturated heterocycles. The molecule has 1 aromatic heterocycles. The number of hydrogen-bond donors (Lipinski definition) is 2. The molecule has 0 unspecified atom stereocenters. The van der Waals surface area contributed by atoms with Crippen molar-refractivity contribution in [3.05, 3.63) is 58.1 Å². The zero-order valence-corrected chi connectivity index (χ0v) is 16.5. The number of benzene rings is 2. The van der Waals surface area contributed by atoms with Crippen molar-refractivity contribution in [2.75, 3.05) is 10.6 Å². The van der Waals surface area contributed by atoms with Gasteiger partial charge in [-0.25, -0.2) is 4.98 Å². The van der Waals surface area contributed by atoms with Crippen LogP contribution in [0.25, 0.3) is 10.9 Å². The molecule has 0 amide bonds. The summed E-state index contributed by atoms with van der Waals surface area (Å²) < 4.78 is 0. The number of halogens is 2. The van der Waals surface area contributed by atoms with Crippen LogP contribution in [0.5, 0.6) is 0 Å². The second-order valence-electron chi connectivity index (χ2n) is 6.98. The van der Waals surface area contributed by atoms with Gasteiger partial charge in [0, 0.05) is 28.0 Å². The average Bonchev–Trinajstić information content (AvgIpc) is 2.68. The molecule has 1 heterocycles. The van der Waals surface area contributed by atoms with Crippen molar-refractivity contribution in [2.24, 2.45) is 0 Å². The Morgan fingerprint density at radius 1 is 0.963 bits per heavy atom. The van der Waals surface area contributed by atoms with Crippen LogP contribution in [0.3, 0.4) is 0 Å². The first-order chi connectivity index (χ1) is 13.2. The molecule has 0 spiro atoms. The predicted octanol–water partition coefficient (Wildman–Crippen LogP) is 6.29. The summed E-state index contributed by atoms with van der Waals surface area (Å²) in [6.45, 7) is 0.539. The van der Waals surface area contributed by atoms with Gasteiger partial charge in [-0.3, -0.25) is 0 Å². The van der Waals surface area contributed by atoms with Gasteiger partial charge in [0.05, 0.1) is 5.52 Å². The Bertz CT molecular complexity index is 939. The predicted molar refractivity (Wildman–Crippen MR) is 114 cm³/mol. The second kappa shape index (κ2) is 8.32. The quantitative estimate of drug-likeness (QED) is 0.527. The summed E-state index contributed by atoms with van der Waals surface area (Å²) in [6, 6.07) is 14.1. The molecule has 1 saturated carbocycles. The Hall–Kier alpha value is -2.04. The lowest BCUT2D eigenvalue weighted by Crippen LogP contribution is -2.23. The Kier molecular flexibility index (Phi) is 5.65. The van der Waals surface area contributed by atoms with Gasteiger partial charge in [-0.1, -0.05) is 60.7 Å². The van der Waals surface area contributed by atoms with Gasteiger partial charge in [0.1, 0.15) is 5.82 Å². The summed E-state index contributed by atoms with van der Waals surface area (Å²) in [5.41, 5.74) is 1.88. The largest absolute Gasteiger partial charge is 0.367 e. The SMILES string of the molecule is Clc1ccc(CNc2nc(NC3CCCCC3)c3ccccc3n2)c(Cl)c1. The normalized spacial score (nSPS) is 15.0. The van der Waals surface area contributed by atoms with E-state index in [0.717, 1.165) is 22.3 Å². The van der Waals surface area contributed by atoms with Gasteiger partial charge in [-0.2, -0.15) is 4.98 Å². The number of anilines is 2. The molecule has 0 radical (unpaired) electrons. The van der Waals surface area contributed by atoms with Crippen LogP contribution in [0, 0.1) is 0 Å². The number of nitrogens with zero attached hydrogens (tertiary/aromatic N) is 2. The summed E-state index contributed by atoms with van der Waals surface area (Å²) in [7, 11) is 0. The van der Waals surface area contributed by atoms with E-state index in [2.05, 4.69) is 21.7 Å². The van der Waals surface area contributed by atoms with E-state index in [9.17, 15) is 0 Å². The van der Waals surface area contributed by atoms with E-state index in [-0.39, 0.29) is 0 Å². The fourth-order valence-electron chi connectivity index (χ4n) is 3.55. The maximum Gasteiger partial charge on any atom is 0.225 e. The Labute approximate surface area is 169 Å². The van der Waals surface area contributed by atoms with Crippen molar-refractivity contribution in [1.29, 1.82) is 0 Å². The highest BCUT2D eigenvalue weighted by Gasteiger charge is 2.16. The minimum absolute atomic E-state index is 0.482. The van der Waals surface area contributed by atoms with Crippen LogP contribution in [0.2, 0.25) is 10.0 Å². The summed E-state index contributed by atoms with van der Waals surface area (Å²) in [5.74, 6) is 1.50. The lowest BCUT2D eigenvalue weighted by Gasteiger charge is -2.24. The molecule has 2 aromatic carbocycles. The number of nitrogens with one attached hydrogen (secondary N) is 2. The van der Waals surface area contributed by atoms with E-state index in [1.54, 1.807) is 6.07 Å². The molecule has 1 fully saturated rings. The molecule has 2 N–H and O–H groups in total. The maximum atomic E-state index is 6.27. The number of aromatic nitrogens is 2. The molecule has 4 rings (SSSR count). The van der Waals surface area contributed by atoms with Crippen LogP contribution in [0.4, 0.5) is 11.8 Å². The number of rotatable bonds is 5. The monoisotopic (exact) mass is 400 g/mol. The van der Waals surface area contributed by atoms with E-state index >= 15 is 0 Å². The molecule has 1 aliphatic carbocycles. The van der Waals surface area contributed by atoms with Crippen molar-refractivity contribution in [2.45, 2.75) is 44.7 Å². The summed E-state index contributed by atoms with van der Waals surface area (Å²) >= 11 is 12.2.